The summed E-state index contributed by atoms with van der Waals surface area (Å²) >= 11 is 0. The molecule has 0 bridgehead atoms. The lowest BCUT2D eigenvalue weighted by Gasteiger charge is -2.40. The number of carbonyl (C=O) groups is 3. The summed E-state index contributed by atoms with van der Waals surface area (Å²) in [4.78, 5) is 40.1. The van der Waals surface area contributed by atoms with Crippen molar-refractivity contribution in [2.45, 2.75) is 51.6 Å². The molecule has 1 heterocycles. The van der Waals surface area contributed by atoms with Gasteiger partial charge in [-0.15, -0.1) is 0 Å². The predicted octanol–water partition coefficient (Wildman–Crippen LogP) is 2.49. The Morgan fingerprint density at radius 1 is 1.11 bits per heavy atom. The highest BCUT2D eigenvalue weighted by Gasteiger charge is 2.36. The minimum absolute atomic E-state index is 0.0187. The molecule has 0 spiro atoms. The quantitative estimate of drug-likeness (QED) is 0.783. The first-order valence-electron chi connectivity index (χ1n) is 10.0. The lowest BCUT2D eigenvalue weighted by molar-refractivity contribution is -0.149. The predicted molar refractivity (Wildman–Crippen MR) is 106 cm³/mol. The van der Waals surface area contributed by atoms with E-state index in [4.69, 9.17) is 0 Å². The van der Waals surface area contributed by atoms with E-state index in [2.05, 4.69) is 5.32 Å². The van der Waals surface area contributed by atoms with E-state index >= 15 is 0 Å². The summed E-state index contributed by atoms with van der Waals surface area (Å²) in [5.74, 6) is -1.17. The molecule has 0 aromatic heterocycles. The smallest absolute Gasteiger partial charge is 0.325 e. The second-order valence-corrected chi connectivity index (χ2v) is 8.00. The minimum Gasteiger partial charge on any atom is -0.480 e. The van der Waals surface area contributed by atoms with Crippen molar-refractivity contribution < 1.29 is 19.5 Å². The summed E-state index contributed by atoms with van der Waals surface area (Å²) < 4.78 is 0. The Morgan fingerprint density at radius 3 is 2.29 bits per heavy atom. The average Bonchev–Trinajstić information content (AvgIpc) is 3.17. The molecule has 28 heavy (non-hydrogen) atoms. The van der Waals surface area contributed by atoms with E-state index in [0.29, 0.717) is 30.4 Å². The molecular formula is C21H29N3O4. The number of carboxylic acids is 1. The van der Waals surface area contributed by atoms with Gasteiger partial charge in [0, 0.05) is 30.7 Å². The molecule has 7 heteroatoms. The lowest BCUT2D eigenvalue weighted by Crippen LogP contribution is -2.55. The summed E-state index contributed by atoms with van der Waals surface area (Å²) in [6.45, 7) is 4.87. The number of amides is 2. The Kier molecular flexibility index (Phi) is 6.34. The van der Waals surface area contributed by atoms with Gasteiger partial charge in [-0.05, 0) is 30.5 Å². The van der Waals surface area contributed by atoms with E-state index in [-0.39, 0.29) is 24.3 Å². The van der Waals surface area contributed by atoms with Gasteiger partial charge >= 0.3 is 5.97 Å². The number of rotatable bonds is 6. The second-order valence-electron chi connectivity index (χ2n) is 8.00. The number of benzene rings is 1. The van der Waals surface area contributed by atoms with Crippen molar-refractivity contribution >= 4 is 23.5 Å². The molecule has 1 aliphatic carbocycles. The van der Waals surface area contributed by atoms with E-state index < -0.39 is 12.0 Å². The van der Waals surface area contributed by atoms with Crippen LogP contribution in [-0.2, 0) is 14.4 Å². The largest absolute Gasteiger partial charge is 0.480 e. The van der Waals surface area contributed by atoms with Gasteiger partial charge in [-0.2, -0.15) is 0 Å². The zero-order chi connectivity index (χ0) is 20.3. The van der Waals surface area contributed by atoms with Crippen molar-refractivity contribution in [3.63, 3.8) is 0 Å². The highest BCUT2D eigenvalue weighted by molar-refractivity contribution is 5.92. The topological polar surface area (TPSA) is 89.9 Å². The highest BCUT2D eigenvalue weighted by Crippen LogP contribution is 2.28. The first kappa shape index (κ1) is 20.3. The maximum Gasteiger partial charge on any atom is 0.325 e. The number of carboxylic acid groups (broad SMARTS) is 1. The van der Waals surface area contributed by atoms with Crippen molar-refractivity contribution in [1.29, 1.82) is 0 Å². The molecule has 2 fully saturated rings. The van der Waals surface area contributed by atoms with Gasteiger partial charge < -0.3 is 15.3 Å². The molecule has 7 nitrogen and oxygen atoms in total. The number of carbonyl (C=O) groups excluding carboxylic acids is 2. The van der Waals surface area contributed by atoms with Gasteiger partial charge in [0.1, 0.15) is 6.04 Å². The van der Waals surface area contributed by atoms with Crippen LogP contribution in [0.4, 0.5) is 5.69 Å². The molecule has 2 amide bonds. The van der Waals surface area contributed by atoms with Gasteiger partial charge in [-0.25, -0.2) is 0 Å². The second kappa shape index (κ2) is 8.73. The summed E-state index contributed by atoms with van der Waals surface area (Å²) in [5, 5.41) is 12.6. The Hall–Kier alpha value is -2.41. The minimum atomic E-state index is -0.971. The number of hydrogen-bond donors (Lipinski definition) is 2. The third kappa shape index (κ3) is 4.52. The first-order valence-corrected chi connectivity index (χ1v) is 10.0. The van der Waals surface area contributed by atoms with Crippen LogP contribution in [0, 0.1) is 5.92 Å². The lowest BCUT2D eigenvalue weighted by atomic mass is 10.0. The van der Waals surface area contributed by atoms with Gasteiger partial charge in [0.2, 0.25) is 11.8 Å². The van der Waals surface area contributed by atoms with Crippen LogP contribution in [0.5, 0.6) is 0 Å². The summed E-state index contributed by atoms with van der Waals surface area (Å²) in [6.07, 6.45) is 4.43. The third-order valence-corrected chi connectivity index (χ3v) is 5.67. The fourth-order valence-electron chi connectivity index (χ4n) is 4.07. The number of piperazine rings is 1. The number of anilines is 1. The van der Waals surface area contributed by atoms with E-state index in [1.807, 2.05) is 18.7 Å². The molecule has 1 aromatic carbocycles. The van der Waals surface area contributed by atoms with E-state index in [1.54, 1.807) is 29.2 Å². The zero-order valence-corrected chi connectivity index (χ0v) is 16.6. The van der Waals surface area contributed by atoms with Crippen LogP contribution in [0.3, 0.4) is 0 Å². The molecule has 152 valence electrons. The van der Waals surface area contributed by atoms with E-state index in [1.165, 1.54) is 0 Å². The SMILES string of the molecule is CC(C)C(=O)Nc1ccc(C(C(=O)O)N2CCN(C3CCCC3)C(=O)C2)cc1. The highest BCUT2D eigenvalue weighted by atomic mass is 16.4. The molecule has 2 aliphatic rings. The Balaban J connectivity index is 1.69. The van der Waals surface area contributed by atoms with Gasteiger partial charge in [0.05, 0.1) is 6.54 Å². The Bertz CT molecular complexity index is 726. The molecule has 1 unspecified atom stereocenters. The number of hydrogen-bond acceptors (Lipinski definition) is 4. The first-order chi connectivity index (χ1) is 13.4. The van der Waals surface area contributed by atoms with Gasteiger partial charge in [-0.3, -0.25) is 19.3 Å². The molecular weight excluding hydrogens is 358 g/mol. The number of nitrogens with one attached hydrogen (secondary N) is 1. The number of nitrogens with zero attached hydrogens (tertiary/aromatic N) is 2. The van der Waals surface area contributed by atoms with Crippen molar-refractivity contribution in [3.8, 4) is 0 Å². The van der Waals surface area contributed by atoms with Crippen LogP contribution in [0.2, 0.25) is 0 Å². The normalized spacial score (nSPS) is 19.8. The van der Waals surface area contributed by atoms with Crippen molar-refractivity contribution in [1.82, 2.24) is 9.80 Å². The summed E-state index contributed by atoms with van der Waals surface area (Å²) in [6, 6.07) is 6.29. The van der Waals surface area contributed by atoms with Gasteiger partial charge in [-0.1, -0.05) is 38.8 Å². The van der Waals surface area contributed by atoms with Crippen LogP contribution in [0.15, 0.2) is 24.3 Å². The van der Waals surface area contributed by atoms with Crippen molar-refractivity contribution in [2.24, 2.45) is 5.92 Å². The summed E-state index contributed by atoms with van der Waals surface area (Å²) in [5.41, 5.74) is 1.24. The fraction of sp³-hybridized carbons (Fsp3) is 0.571. The van der Waals surface area contributed by atoms with Crippen molar-refractivity contribution in [3.05, 3.63) is 29.8 Å². The molecule has 1 saturated carbocycles. The maximum atomic E-state index is 12.6. The van der Waals surface area contributed by atoms with Crippen LogP contribution in [0.25, 0.3) is 0 Å². The average molecular weight is 387 g/mol. The monoisotopic (exact) mass is 387 g/mol. The van der Waals surface area contributed by atoms with Crippen LogP contribution in [-0.4, -0.2) is 58.4 Å². The van der Waals surface area contributed by atoms with Crippen molar-refractivity contribution in [2.75, 3.05) is 25.0 Å². The molecule has 1 atom stereocenters. The van der Waals surface area contributed by atoms with Gasteiger partial charge in [0.25, 0.3) is 0 Å². The molecule has 3 rings (SSSR count). The zero-order valence-electron chi connectivity index (χ0n) is 16.6. The number of aliphatic carboxylic acids is 1. The fourth-order valence-corrected chi connectivity index (χ4v) is 4.07. The molecule has 0 radical (unpaired) electrons. The maximum absolute atomic E-state index is 12.6. The van der Waals surface area contributed by atoms with Crippen LogP contribution in [0.1, 0.15) is 51.1 Å². The summed E-state index contributed by atoms with van der Waals surface area (Å²) in [7, 11) is 0. The molecule has 1 aromatic rings. The molecule has 1 saturated heterocycles. The van der Waals surface area contributed by atoms with E-state index in [9.17, 15) is 19.5 Å². The molecule has 2 N–H and O–H groups in total. The Morgan fingerprint density at radius 2 is 1.75 bits per heavy atom. The van der Waals surface area contributed by atoms with Crippen LogP contribution < -0.4 is 5.32 Å². The molecule has 1 aliphatic heterocycles. The third-order valence-electron chi connectivity index (χ3n) is 5.67. The van der Waals surface area contributed by atoms with E-state index in [0.717, 1.165) is 25.7 Å². The standard InChI is InChI=1S/C21H29N3O4/c1-14(2)20(26)22-16-9-7-15(8-10-16)19(21(27)28)23-11-12-24(18(25)13-23)17-5-3-4-6-17/h7-10,14,17,19H,3-6,11-13H2,1-2H3,(H,22,26)(H,27,28). The Labute approximate surface area is 165 Å². The van der Waals surface area contributed by atoms with Crippen LogP contribution >= 0.6 is 0 Å². The van der Waals surface area contributed by atoms with Gasteiger partial charge in [0.15, 0.2) is 0 Å².